The van der Waals surface area contributed by atoms with Gasteiger partial charge in [0.1, 0.15) is 5.82 Å². The molecule has 0 aliphatic rings. The predicted octanol–water partition coefficient (Wildman–Crippen LogP) is 3.68. The summed E-state index contributed by atoms with van der Waals surface area (Å²) in [5.41, 5.74) is 3.72. The van der Waals surface area contributed by atoms with Crippen molar-refractivity contribution in [1.82, 2.24) is 9.97 Å². The number of anilines is 1. The van der Waals surface area contributed by atoms with Crippen LogP contribution in [0.3, 0.4) is 0 Å². The van der Waals surface area contributed by atoms with Crippen molar-refractivity contribution in [3.63, 3.8) is 0 Å². The molecule has 2 rings (SSSR count). The molecule has 0 bridgehead atoms. The van der Waals surface area contributed by atoms with Gasteiger partial charge in [-0.25, -0.2) is 4.98 Å². The largest absolute Gasteiger partial charge is 0.378 e. The summed E-state index contributed by atoms with van der Waals surface area (Å²) < 4.78 is 0. The molecule has 0 saturated heterocycles. The average Bonchev–Trinajstić information content (AvgIpc) is 2.37. The van der Waals surface area contributed by atoms with Crippen LogP contribution in [0, 0.1) is 13.8 Å². The van der Waals surface area contributed by atoms with Crippen LogP contribution in [0.15, 0.2) is 29.1 Å². The number of rotatable bonds is 4. The van der Waals surface area contributed by atoms with Crippen LogP contribution in [0.5, 0.6) is 0 Å². The number of H-pyrrole nitrogens is 1. The minimum atomic E-state index is -0.0956. The minimum absolute atomic E-state index is 0.0676. The van der Waals surface area contributed by atoms with Crippen molar-refractivity contribution in [2.24, 2.45) is 0 Å². The van der Waals surface area contributed by atoms with Gasteiger partial charge in [0, 0.05) is 5.69 Å². The number of aromatic nitrogens is 2. The molecule has 112 valence electrons. The predicted molar refractivity (Wildman–Crippen MR) is 86.9 cm³/mol. The lowest BCUT2D eigenvalue weighted by Crippen LogP contribution is -2.23. The number of para-hydroxylation sites is 1. The Morgan fingerprint density at radius 3 is 2.43 bits per heavy atom. The van der Waals surface area contributed by atoms with E-state index in [1.54, 1.807) is 6.92 Å². The Kier molecular flexibility index (Phi) is 4.46. The number of hydrogen-bond donors (Lipinski definition) is 2. The topological polar surface area (TPSA) is 57.8 Å². The number of benzene rings is 1. The number of nitrogens with one attached hydrogen (secondary N) is 2. The second-order valence-corrected chi connectivity index (χ2v) is 5.76. The molecule has 0 radical (unpaired) electrons. The highest BCUT2D eigenvalue weighted by atomic mass is 16.1. The monoisotopic (exact) mass is 285 g/mol. The van der Waals surface area contributed by atoms with Crippen molar-refractivity contribution in [3.05, 3.63) is 57.3 Å². The lowest BCUT2D eigenvalue weighted by Gasteiger charge is -2.20. The number of aryl methyl sites for hydroxylation is 2. The molecule has 0 spiro atoms. The van der Waals surface area contributed by atoms with Crippen LogP contribution < -0.4 is 10.9 Å². The van der Waals surface area contributed by atoms with Crippen molar-refractivity contribution in [2.45, 2.75) is 46.6 Å². The molecule has 2 N–H and O–H groups in total. The van der Waals surface area contributed by atoms with Crippen molar-refractivity contribution < 1.29 is 0 Å². The fourth-order valence-electron chi connectivity index (χ4n) is 2.68. The van der Waals surface area contributed by atoms with E-state index < -0.39 is 0 Å². The summed E-state index contributed by atoms with van der Waals surface area (Å²) in [6.07, 6.45) is 0. The second-order valence-electron chi connectivity index (χ2n) is 5.76. The van der Waals surface area contributed by atoms with E-state index in [9.17, 15) is 4.79 Å². The van der Waals surface area contributed by atoms with Gasteiger partial charge in [0.25, 0.3) is 5.56 Å². The molecular weight excluding hydrogens is 262 g/mol. The van der Waals surface area contributed by atoms with E-state index in [-0.39, 0.29) is 11.6 Å². The number of hydrogen-bond acceptors (Lipinski definition) is 3. The maximum absolute atomic E-state index is 12.2. The number of aromatic amines is 1. The summed E-state index contributed by atoms with van der Waals surface area (Å²) >= 11 is 0. The summed E-state index contributed by atoms with van der Waals surface area (Å²) in [4.78, 5) is 19.3. The van der Waals surface area contributed by atoms with E-state index in [0.29, 0.717) is 17.3 Å². The Bertz CT molecular complexity index is 689. The van der Waals surface area contributed by atoms with E-state index in [1.165, 1.54) is 5.56 Å². The first-order chi connectivity index (χ1) is 9.90. The Labute approximate surface area is 125 Å². The summed E-state index contributed by atoms with van der Waals surface area (Å²) in [6.45, 7) is 9.99. The first kappa shape index (κ1) is 15.3. The smallest absolute Gasteiger partial charge is 0.256 e. The van der Waals surface area contributed by atoms with Gasteiger partial charge >= 0.3 is 0 Å². The van der Waals surface area contributed by atoms with Gasteiger partial charge in [0.15, 0.2) is 0 Å². The first-order valence-corrected chi connectivity index (χ1v) is 7.33. The molecule has 1 aromatic heterocycles. The zero-order valence-corrected chi connectivity index (χ0v) is 13.3. The van der Waals surface area contributed by atoms with Crippen molar-refractivity contribution >= 4 is 5.69 Å². The average molecular weight is 285 g/mol. The lowest BCUT2D eigenvalue weighted by molar-refractivity contribution is 0.802. The summed E-state index contributed by atoms with van der Waals surface area (Å²) in [6, 6.07) is 8.12. The lowest BCUT2D eigenvalue weighted by atomic mass is 10.00. The Hall–Kier alpha value is -2.10. The quantitative estimate of drug-likeness (QED) is 0.901. The third-order valence-electron chi connectivity index (χ3n) is 3.65. The van der Waals surface area contributed by atoms with Gasteiger partial charge in [-0.1, -0.05) is 32.0 Å². The van der Waals surface area contributed by atoms with E-state index >= 15 is 0 Å². The van der Waals surface area contributed by atoms with E-state index in [2.05, 4.69) is 41.3 Å². The molecule has 21 heavy (non-hydrogen) atoms. The highest BCUT2D eigenvalue weighted by Gasteiger charge is 2.16. The first-order valence-electron chi connectivity index (χ1n) is 7.33. The molecule has 4 nitrogen and oxygen atoms in total. The second kappa shape index (κ2) is 6.12. The van der Waals surface area contributed by atoms with Gasteiger partial charge < -0.3 is 10.3 Å². The Balaban J connectivity index is 2.35. The zero-order valence-electron chi connectivity index (χ0n) is 13.3. The van der Waals surface area contributed by atoms with Crippen molar-refractivity contribution in [3.8, 4) is 0 Å². The summed E-state index contributed by atoms with van der Waals surface area (Å²) in [7, 11) is 0. The molecule has 0 fully saturated rings. The molecule has 1 heterocycles. The van der Waals surface area contributed by atoms with E-state index in [4.69, 9.17) is 0 Å². The third-order valence-corrected chi connectivity index (χ3v) is 3.65. The van der Waals surface area contributed by atoms with Gasteiger partial charge in [-0.05, 0) is 38.3 Å². The van der Waals surface area contributed by atoms with Gasteiger partial charge in [-0.2, -0.15) is 0 Å². The maximum Gasteiger partial charge on any atom is 0.256 e. The van der Waals surface area contributed by atoms with Crippen LogP contribution >= 0.6 is 0 Å². The fraction of sp³-hybridized carbons (Fsp3) is 0.412. The molecule has 0 aliphatic heterocycles. The molecule has 2 aromatic rings. The van der Waals surface area contributed by atoms with Gasteiger partial charge in [0.2, 0.25) is 0 Å². The minimum Gasteiger partial charge on any atom is -0.378 e. The molecular formula is C17H23N3O. The van der Waals surface area contributed by atoms with Gasteiger partial charge in [-0.3, -0.25) is 4.79 Å². The van der Waals surface area contributed by atoms with E-state index in [0.717, 1.165) is 11.4 Å². The van der Waals surface area contributed by atoms with Crippen LogP contribution in [0.2, 0.25) is 0 Å². The van der Waals surface area contributed by atoms with E-state index in [1.807, 2.05) is 26.0 Å². The normalized spacial score (nSPS) is 12.5. The Morgan fingerprint density at radius 2 is 1.81 bits per heavy atom. The van der Waals surface area contributed by atoms with Crippen molar-refractivity contribution in [2.75, 3.05) is 5.32 Å². The van der Waals surface area contributed by atoms with Crippen LogP contribution in [-0.2, 0) is 0 Å². The fourth-order valence-corrected chi connectivity index (χ4v) is 2.68. The molecule has 1 aromatic carbocycles. The summed E-state index contributed by atoms with van der Waals surface area (Å²) in [5.74, 6) is 1.08. The third kappa shape index (κ3) is 3.32. The zero-order chi connectivity index (χ0) is 15.6. The van der Waals surface area contributed by atoms with Crippen LogP contribution in [0.4, 0.5) is 5.69 Å². The van der Waals surface area contributed by atoms with Crippen molar-refractivity contribution in [1.29, 1.82) is 0 Å². The molecule has 0 aliphatic carbocycles. The number of nitrogens with zero attached hydrogens (tertiary/aromatic N) is 1. The van der Waals surface area contributed by atoms with Gasteiger partial charge in [0.05, 0.1) is 17.3 Å². The Morgan fingerprint density at radius 1 is 1.14 bits per heavy atom. The SMILES string of the molecule is Cc1nc(C)c(C(C)Nc2ccccc2C(C)C)c(=O)[nH]1. The van der Waals surface area contributed by atoms with Crippen LogP contribution in [0.25, 0.3) is 0 Å². The van der Waals surface area contributed by atoms with Crippen LogP contribution in [0.1, 0.15) is 55.4 Å². The standard InChI is InChI=1S/C17H23N3O/c1-10(2)14-8-6-7-9-15(14)19-12(4)16-11(3)18-13(5)20-17(16)21/h6-10,12,19H,1-5H3,(H,18,20,21). The molecule has 0 amide bonds. The van der Waals surface area contributed by atoms with Crippen LogP contribution in [-0.4, -0.2) is 9.97 Å². The highest BCUT2D eigenvalue weighted by Crippen LogP contribution is 2.27. The molecule has 4 heteroatoms. The molecule has 1 atom stereocenters. The molecule has 0 saturated carbocycles. The summed E-state index contributed by atoms with van der Waals surface area (Å²) in [5, 5.41) is 3.45. The maximum atomic E-state index is 12.2. The highest BCUT2D eigenvalue weighted by molar-refractivity contribution is 5.54. The van der Waals surface area contributed by atoms with Gasteiger partial charge in [-0.15, -0.1) is 0 Å². The molecule has 1 unspecified atom stereocenters.